The van der Waals surface area contributed by atoms with Gasteiger partial charge in [-0.2, -0.15) is 4.31 Å². The highest BCUT2D eigenvalue weighted by Gasteiger charge is 2.48. The molecule has 0 unspecified atom stereocenters. The van der Waals surface area contributed by atoms with Crippen LogP contribution in [-0.4, -0.2) is 62.3 Å². The minimum absolute atomic E-state index is 0.228. The van der Waals surface area contributed by atoms with Gasteiger partial charge in [0.2, 0.25) is 10.0 Å². The third-order valence-electron chi connectivity index (χ3n) is 7.13. The first-order valence-corrected chi connectivity index (χ1v) is 12.5. The van der Waals surface area contributed by atoms with Crippen molar-refractivity contribution in [1.29, 1.82) is 0 Å². The lowest BCUT2D eigenvalue weighted by atomic mass is 9.72. The van der Waals surface area contributed by atoms with Crippen molar-refractivity contribution in [2.45, 2.75) is 62.4 Å². The van der Waals surface area contributed by atoms with Crippen molar-refractivity contribution >= 4 is 15.9 Å². The molecular weight excluding hydrogens is 386 g/mol. The molecule has 2 bridgehead atoms. The average Bonchev–Trinajstić information content (AvgIpc) is 2.76. The van der Waals surface area contributed by atoms with Crippen molar-refractivity contribution in [1.82, 2.24) is 14.5 Å². The maximum absolute atomic E-state index is 13.5. The molecule has 29 heavy (non-hydrogen) atoms. The SMILES string of the molecule is CCC[C@H]1[C@H]2C[C@H](CN(S(=O)(=O)c3cccc(C(=O)NC)c3)C2)[C@@H]2CCCCN21. The number of hydrogen-bond donors (Lipinski definition) is 1. The lowest BCUT2D eigenvalue weighted by molar-refractivity contribution is -0.0581. The first kappa shape index (κ1) is 20.8. The smallest absolute Gasteiger partial charge is 0.251 e. The van der Waals surface area contributed by atoms with E-state index in [4.69, 9.17) is 0 Å². The Kier molecular flexibility index (Phi) is 6.00. The van der Waals surface area contributed by atoms with Crippen LogP contribution in [0.15, 0.2) is 29.2 Å². The Bertz CT molecular complexity index is 857. The minimum atomic E-state index is -3.61. The molecule has 1 N–H and O–H groups in total. The average molecular weight is 420 g/mol. The number of nitrogens with one attached hydrogen (secondary N) is 1. The van der Waals surface area contributed by atoms with Gasteiger partial charge in [-0.15, -0.1) is 0 Å². The molecule has 160 valence electrons. The number of nitrogens with zero attached hydrogens (tertiary/aromatic N) is 2. The maximum atomic E-state index is 13.5. The van der Waals surface area contributed by atoms with Crippen LogP contribution in [0, 0.1) is 11.8 Å². The van der Waals surface area contributed by atoms with E-state index in [0.717, 1.165) is 19.3 Å². The molecule has 4 atom stereocenters. The minimum Gasteiger partial charge on any atom is -0.355 e. The van der Waals surface area contributed by atoms with E-state index in [-0.39, 0.29) is 10.8 Å². The summed E-state index contributed by atoms with van der Waals surface area (Å²) in [5, 5.41) is 2.57. The number of sulfonamides is 1. The molecule has 3 fully saturated rings. The molecule has 0 aromatic heterocycles. The number of fused-ring (bicyclic) bond motifs is 4. The predicted molar refractivity (Wildman–Crippen MR) is 113 cm³/mol. The van der Waals surface area contributed by atoms with Crippen molar-refractivity contribution in [3.63, 3.8) is 0 Å². The van der Waals surface area contributed by atoms with Gasteiger partial charge in [0.05, 0.1) is 4.90 Å². The molecule has 0 saturated carbocycles. The normalized spacial score (nSPS) is 30.6. The number of carbonyl (C=O) groups excluding carboxylic acids is 1. The van der Waals surface area contributed by atoms with E-state index in [1.807, 2.05) is 0 Å². The zero-order valence-electron chi connectivity index (χ0n) is 17.5. The van der Waals surface area contributed by atoms with Crippen LogP contribution in [0.3, 0.4) is 0 Å². The fourth-order valence-electron chi connectivity index (χ4n) is 5.85. The van der Waals surface area contributed by atoms with Crippen LogP contribution in [-0.2, 0) is 10.0 Å². The van der Waals surface area contributed by atoms with Gasteiger partial charge >= 0.3 is 0 Å². The van der Waals surface area contributed by atoms with Crippen LogP contribution in [0.25, 0.3) is 0 Å². The highest BCUT2D eigenvalue weighted by Crippen LogP contribution is 2.43. The zero-order chi connectivity index (χ0) is 20.6. The molecule has 6 nitrogen and oxygen atoms in total. The summed E-state index contributed by atoms with van der Waals surface area (Å²) in [6, 6.07) is 7.45. The van der Waals surface area contributed by atoms with Crippen LogP contribution < -0.4 is 5.32 Å². The number of carbonyl (C=O) groups is 1. The lowest BCUT2D eigenvalue weighted by Gasteiger charge is -2.56. The maximum Gasteiger partial charge on any atom is 0.251 e. The van der Waals surface area contributed by atoms with Crippen molar-refractivity contribution < 1.29 is 13.2 Å². The second-order valence-corrected chi connectivity index (χ2v) is 10.8. The summed E-state index contributed by atoms with van der Waals surface area (Å²) >= 11 is 0. The van der Waals surface area contributed by atoms with Gasteiger partial charge in [-0.1, -0.05) is 25.8 Å². The van der Waals surface area contributed by atoms with E-state index >= 15 is 0 Å². The van der Waals surface area contributed by atoms with Gasteiger partial charge in [0.15, 0.2) is 0 Å². The van der Waals surface area contributed by atoms with Gasteiger partial charge in [-0.05, 0) is 62.3 Å². The van der Waals surface area contributed by atoms with Crippen molar-refractivity contribution in [3.05, 3.63) is 29.8 Å². The first-order valence-electron chi connectivity index (χ1n) is 11.0. The van der Waals surface area contributed by atoms with Crippen LogP contribution in [0.1, 0.15) is 55.8 Å². The molecule has 4 rings (SSSR count). The van der Waals surface area contributed by atoms with Crippen molar-refractivity contribution in [2.24, 2.45) is 11.8 Å². The van der Waals surface area contributed by atoms with Gasteiger partial charge in [0.1, 0.15) is 0 Å². The molecule has 0 aliphatic carbocycles. The lowest BCUT2D eigenvalue weighted by Crippen LogP contribution is -2.64. The third kappa shape index (κ3) is 3.84. The molecule has 7 heteroatoms. The number of piperidine rings is 3. The predicted octanol–water partition coefficient (Wildman–Crippen LogP) is 2.71. The van der Waals surface area contributed by atoms with Crippen LogP contribution in [0.2, 0.25) is 0 Å². The third-order valence-corrected chi connectivity index (χ3v) is 8.96. The van der Waals surface area contributed by atoms with E-state index in [1.165, 1.54) is 31.9 Å². The van der Waals surface area contributed by atoms with Crippen LogP contribution in [0.4, 0.5) is 0 Å². The Morgan fingerprint density at radius 2 is 2.00 bits per heavy atom. The number of rotatable bonds is 5. The topological polar surface area (TPSA) is 69.7 Å². The first-order chi connectivity index (χ1) is 14.0. The second kappa shape index (κ2) is 8.36. The summed E-state index contributed by atoms with van der Waals surface area (Å²) in [6.45, 7) is 4.59. The Labute approximate surface area is 174 Å². The van der Waals surface area contributed by atoms with Gasteiger partial charge < -0.3 is 5.32 Å². The summed E-state index contributed by atoms with van der Waals surface area (Å²) < 4.78 is 28.7. The Hall–Kier alpha value is -1.44. The summed E-state index contributed by atoms with van der Waals surface area (Å²) in [7, 11) is -2.06. The fourth-order valence-corrected chi connectivity index (χ4v) is 7.45. The largest absolute Gasteiger partial charge is 0.355 e. The summed E-state index contributed by atoms with van der Waals surface area (Å²) in [4.78, 5) is 14.9. The van der Waals surface area contributed by atoms with Gasteiger partial charge in [-0.3, -0.25) is 9.69 Å². The monoisotopic (exact) mass is 419 g/mol. The van der Waals surface area contributed by atoms with E-state index < -0.39 is 10.0 Å². The molecular formula is C22H33N3O3S. The van der Waals surface area contributed by atoms with Crippen LogP contribution in [0.5, 0.6) is 0 Å². The fraction of sp³-hybridized carbons (Fsp3) is 0.682. The Morgan fingerprint density at radius 3 is 2.76 bits per heavy atom. The van der Waals surface area contributed by atoms with E-state index in [2.05, 4.69) is 17.1 Å². The molecule has 3 saturated heterocycles. The van der Waals surface area contributed by atoms with E-state index in [0.29, 0.717) is 42.6 Å². The quantitative estimate of drug-likeness (QED) is 0.797. The molecule has 0 radical (unpaired) electrons. The molecule has 3 aliphatic rings. The number of benzene rings is 1. The summed E-state index contributed by atoms with van der Waals surface area (Å²) in [5.41, 5.74) is 0.382. The Morgan fingerprint density at radius 1 is 1.21 bits per heavy atom. The van der Waals surface area contributed by atoms with Gasteiger partial charge in [0, 0.05) is 37.8 Å². The van der Waals surface area contributed by atoms with Crippen molar-refractivity contribution in [2.75, 3.05) is 26.7 Å². The summed E-state index contributed by atoms with van der Waals surface area (Å²) in [6.07, 6.45) is 7.14. The molecule has 3 heterocycles. The summed E-state index contributed by atoms with van der Waals surface area (Å²) in [5.74, 6) is 0.553. The number of amides is 1. The van der Waals surface area contributed by atoms with Crippen LogP contribution >= 0.6 is 0 Å². The molecule has 1 aromatic rings. The highest BCUT2D eigenvalue weighted by atomic mass is 32.2. The van der Waals surface area contributed by atoms with Gasteiger partial charge in [0.25, 0.3) is 5.91 Å². The molecule has 0 spiro atoms. The molecule has 1 amide bonds. The number of hydrogen-bond acceptors (Lipinski definition) is 4. The van der Waals surface area contributed by atoms with E-state index in [9.17, 15) is 13.2 Å². The van der Waals surface area contributed by atoms with Gasteiger partial charge in [-0.25, -0.2) is 8.42 Å². The molecule has 3 aliphatic heterocycles. The zero-order valence-corrected chi connectivity index (χ0v) is 18.3. The van der Waals surface area contributed by atoms with Crippen molar-refractivity contribution in [3.8, 4) is 0 Å². The highest BCUT2D eigenvalue weighted by molar-refractivity contribution is 7.89. The van der Waals surface area contributed by atoms with E-state index in [1.54, 1.807) is 29.6 Å². The second-order valence-electron chi connectivity index (χ2n) is 8.84. The Balaban J connectivity index is 1.62. The standard InChI is InChI=1S/C22H33N3O3S/c1-3-7-20-17-12-18(21-10-4-5-11-25(20)21)15-24(14-17)29(27,28)19-9-6-8-16(13-19)22(26)23-2/h6,8-9,13,17-18,20-21H,3-5,7,10-12,14-15H2,1-2H3,(H,23,26)/t17-,18+,20-,21-/m0/s1. The molecule has 1 aromatic carbocycles.